The standard InChI is InChI=1S/C33H37F2N9O6/c1-4-49-31(47)24-18-43(37-8-6-20(24)2)16-23-17-44(33(48)50-23)22-14-25(34)28(26(35)15-22)40-10-12-41(13-11-40)30(46)21(3)38-29(45)27-19-42-9-5-7-36-32(42)39-27/h5,7-9,14-15,18-21,23H,4,6,10-13,16-17H2,1-3H3,(H,38,45). The van der Waals surface area contributed by atoms with E-state index < -0.39 is 41.7 Å². The largest absolute Gasteiger partial charge is 0.463 e. The molecule has 1 N–H and O–H groups in total. The van der Waals surface area contributed by atoms with Gasteiger partial charge in [0.25, 0.3) is 5.91 Å². The van der Waals surface area contributed by atoms with E-state index in [1.165, 1.54) is 21.0 Å². The monoisotopic (exact) mass is 693 g/mol. The van der Waals surface area contributed by atoms with Gasteiger partial charge in [0.1, 0.15) is 23.5 Å². The molecule has 3 aliphatic rings. The molecule has 264 valence electrons. The first-order valence-electron chi connectivity index (χ1n) is 16.3. The molecule has 3 aromatic rings. The maximum absolute atomic E-state index is 15.5. The average molecular weight is 694 g/mol. The topological polar surface area (TPSA) is 154 Å². The zero-order valence-corrected chi connectivity index (χ0v) is 27.8. The first-order chi connectivity index (χ1) is 24.0. The molecular weight excluding hydrogens is 656 g/mol. The molecule has 17 heteroatoms. The van der Waals surface area contributed by atoms with Gasteiger partial charge in [0, 0.05) is 69.3 Å². The van der Waals surface area contributed by atoms with E-state index >= 15 is 8.78 Å². The van der Waals surface area contributed by atoms with Crippen LogP contribution in [0.25, 0.3) is 5.78 Å². The Morgan fingerprint density at radius 2 is 1.88 bits per heavy atom. The molecule has 3 unspecified atom stereocenters. The number of ether oxygens (including phenoxy) is 2. The van der Waals surface area contributed by atoms with Crippen molar-refractivity contribution in [2.75, 3.05) is 55.7 Å². The number of nitrogens with one attached hydrogen (secondary N) is 1. The van der Waals surface area contributed by atoms with Crippen LogP contribution >= 0.6 is 0 Å². The molecule has 0 spiro atoms. The first-order valence-corrected chi connectivity index (χ1v) is 16.3. The molecule has 0 saturated carbocycles. The highest BCUT2D eigenvalue weighted by Crippen LogP contribution is 2.32. The van der Waals surface area contributed by atoms with Crippen LogP contribution in [0.15, 0.2) is 53.7 Å². The highest BCUT2D eigenvalue weighted by molar-refractivity contribution is 5.96. The molecule has 3 atom stereocenters. The fourth-order valence-corrected chi connectivity index (χ4v) is 6.07. The van der Waals surface area contributed by atoms with Gasteiger partial charge in [-0.3, -0.25) is 23.9 Å². The summed E-state index contributed by atoms with van der Waals surface area (Å²) < 4.78 is 43.2. The smallest absolute Gasteiger partial charge is 0.414 e. The van der Waals surface area contributed by atoms with Crippen LogP contribution in [0.5, 0.6) is 0 Å². The zero-order valence-electron chi connectivity index (χ0n) is 27.8. The molecule has 6 rings (SSSR count). The summed E-state index contributed by atoms with van der Waals surface area (Å²) in [4.78, 5) is 63.5. The van der Waals surface area contributed by atoms with E-state index in [0.717, 1.165) is 17.0 Å². The predicted molar refractivity (Wildman–Crippen MR) is 176 cm³/mol. The van der Waals surface area contributed by atoms with Gasteiger partial charge >= 0.3 is 12.1 Å². The molecule has 0 radical (unpaired) electrons. The Labute approximate surface area is 286 Å². The third-order valence-corrected chi connectivity index (χ3v) is 8.69. The van der Waals surface area contributed by atoms with E-state index in [0.29, 0.717) is 17.8 Å². The molecule has 2 aromatic heterocycles. The Morgan fingerprint density at radius 3 is 2.58 bits per heavy atom. The van der Waals surface area contributed by atoms with Crippen LogP contribution in [0.2, 0.25) is 0 Å². The molecule has 2 fully saturated rings. The number of aromatic nitrogens is 3. The number of amides is 3. The number of imidazole rings is 1. The van der Waals surface area contributed by atoms with Gasteiger partial charge < -0.3 is 24.6 Å². The fraction of sp³-hybridized carbons (Fsp3) is 0.424. The molecule has 50 heavy (non-hydrogen) atoms. The second-order valence-corrected chi connectivity index (χ2v) is 12.2. The normalized spacial score (nSPS) is 20.0. The number of carbonyl (C=O) groups excluding carboxylic acids is 4. The van der Waals surface area contributed by atoms with Gasteiger partial charge in [0.2, 0.25) is 11.7 Å². The molecular formula is C33H37F2N9O6. The Kier molecular flexibility index (Phi) is 9.92. The number of halogens is 2. The molecule has 3 aliphatic heterocycles. The number of nitrogens with zero attached hydrogens (tertiary/aromatic N) is 8. The summed E-state index contributed by atoms with van der Waals surface area (Å²) in [6.45, 7) is 6.13. The van der Waals surface area contributed by atoms with Gasteiger partial charge in [-0.05, 0) is 32.3 Å². The number of fused-ring (bicyclic) bond motifs is 1. The van der Waals surface area contributed by atoms with Gasteiger partial charge in [-0.1, -0.05) is 6.92 Å². The number of rotatable bonds is 9. The highest BCUT2D eigenvalue weighted by atomic mass is 19.1. The van der Waals surface area contributed by atoms with Crippen LogP contribution in [-0.2, 0) is 19.1 Å². The average Bonchev–Trinajstić information content (AvgIpc) is 3.64. The van der Waals surface area contributed by atoms with Crippen LogP contribution in [-0.4, -0.2) is 112 Å². The summed E-state index contributed by atoms with van der Waals surface area (Å²) in [5.41, 5.74) is 0.278. The Morgan fingerprint density at radius 1 is 1.14 bits per heavy atom. The number of cyclic esters (lactones) is 1. The second kappa shape index (κ2) is 14.5. The van der Waals surface area contributed by atoms with E-state index in [1.54, 1.807) is 49.1 Å². The van der Waals surface area contributed by atoms with Crippen molar-refractivity contribution in [3.05, 3.63) is 65.9 Å². The lowest BCUT2D eigenvalue weighted by molar-refractivity contribution is -0.139. The van der Waals surface area contributed by atoms with Crippen LogP contribution in [0.3, 0.4) is 0 Å². The van der Waals surface area contributed by atoms with Crippen molar-refractivity contribution in [3.8, 4) is 0 Å². The van der Waals surface area contributed by atoms with Crippen molar-refractivity contribution in [1.29, 1.82) is 0 Å². The lowest BCUT2D eigenvalue weighted by atomic mass is 9.99. The quantitative estimate of drug-likeness (QED) is 0.331. The van der Waals surface area contributed by atoms with E-state index in [-0.39, 0.29) is 74.8 Å². The number of benzene rings is 1. The van der Waals surface area contributed by atoms with E-state index in [2.05, 4.69) is 20.4 Å². The molecule has 15 nitrogen and oxygen atoms in total. The van der Waals surface area contributed by atoms with Crippen molar-refractivity contribution in [2.45, 2.75) is 39.3 Å². The fourth-order valence-electron chi connectivity index (χ4n) is 6.07. The third kappa shape index (κ3) is 7.21. The lowest BCUT2D eigenvalue weighted by Crippen LogP contribution is -2.54. The van der Waals surface area contributed by atoms with Gasteiger partial charge in [0.05, 0.1) is 31.0 Å². The van der Waals surface area contributed by atoms with Gasteiger partial charge in [0.15, 0.2) is 11.6 Å². The minimum absolute atomic E-state index is 0.00472. The Hall–Kier alpha value is -5.61. The number of anilines is 2. The molecule has 0 aliphatic carbocycles. The summed E-state index contributed by atoms with van der Waals surface area (Å²) in [6.07, 6.45) is 7.06. The van der Waals surface area contributed by atoms with Crippen LogP contribution in [0.4, 0.5) is 25.0 Å². The number of hydrazone groups is 1. The summed E-state index contributed by atoms with van der Waals surface area (Å²) >= 11 is 0. The van der Waals surface area contributed by atoms with E-state index in [4.69, 9.17) is 9.47 Å². The summed E-state index contributed by atoms with van der Waals surface area (Å²) in [7, 11) is 0. The van der Waals surface area contributed by atoms with Crippen LogP contribution < -0.4 is 15.1 Å². The van der Waals surface area contributed by atoms with E-state index in [9.17, 15) is 19.2 Å². The minimum Gasteiger partial charge on any atom is -0.463 e. The highest BCUT2D eigenvalue weighted by Gasteiger charge is 2.36. The van der Waals surface area contributed by atoms with Crippen LogP contribution in [0.1, 0.15) is 37.7 Å². The van der Waals surface area contributed by atoms with Gasteiger partial charge in [-0.15, -0.1) is 0 Å². The molecule has 3 amide bonds. The molecule has 5 heterocycles. The number of carbonyl (C=O) groups is 4. The molecule has 0 bridgehead atoms. The Balaban J connectivity index is 1.05. The second-order valence-electron chi connectivity index (χ2n) is 12.2. The van der Waals surface area contributed by atoms with Gasteiger partial charge in [-0.2, -0.15) is 5.10 Å². The molecule has 1 aromatic carbocycles. The SMILES string of the molecule is CCOC(=O)C1=CN(CC2CN(c3cc(F)c(N4CCN(C(=O)C(C)NC(=O)c5cn6cccnc6n5)CC4)c(F)c3)C(=O)O2)N=CCC1C. The van der Waals surface area contributed by atoms with E-state index in [1.807, 2.05) is 6.92 Å². The zero-order chi connectivity index (χ0) is 35.5. The van der Waals surface area contributed by atoms with Crippen LogP contribution in [0, 0.1) is 17.6 Å². The maximum Gasteiger partial charge on any atom is 0.414 e. The summed E-state index contributed by atoms with van der Waals surface area (Å²) in [5.74, 6) is -2.83. The third-order valence-electron chi connectivity index (χ3n) is 8.69. The first kappa shape index (κ1) is 34.3. The van der Waals surface area contributed by atoms with Crippen molar-refractivity contribution in [3.63, 3.8) is 0 Å². The van der Waals surface area contributed by atoms with Crippen molar-refractivity contribution in [2.24, 2.45) is 11.0 Å². The number of hydrogen-bond donors (Lipinski definition) is 1. The minimum atomic E-state index is -0.869. The Bertz CT molecular complexity index is 1800. The predicted octanol–water partition coefficient (Wildman–Crippen LogP) is 2.57. The molecule has 2 saturated heterocycles. The summed E-state index contributed by atoms with van der Waals surface area (Å²) in [5, 5.41) is 8.50. The summed E-state index contributed by atoms with van der Waals surface area (Å²) in [6, 6.07) is 2.99. The number of esters is 1. The number of piperazine rings is 1. The van der Waals surface area contributed by atoms with Crippen molar-refractivity contribution < 1.29 is 37.4 Å². The number of hydrogen-bond acceptors (Lipinski definition) is 11. The van der Waals surface area contributed by atoms with Crippen molar-refractivity contribution in [1.82, 2.24) is 29.6 Å². The maximum atomic E-state index is 15.5. The van der Waals surface area contributed by atoms with Gasteiger partial charge in [-0.25, -0.2) is 28.3 Å². The van der Waals surface area contributed by atoms with Crippen molar-refractivity contribution >= 4 is 47.2 Å². The lowest BCUT2D eigenvalue weighted by Gasteiger charge is -2.37.